The van der Waals surface area contributed by atoms with Crippen LogP contribution in [0, 0.1) is 23.7 Å². The van der Waals surface area contributed by atoms with Crippen molar-refractivity contribution in [3.05, 3.63) is 168 Å². The van der Waals surface area contributed by atoms with Gasteiger partial charge in [0.05, 0.1) is 11.4 Å². The second kappa shape index (κ2) is 11.8. The van der Waals surface area contributed by atoms with Gasteiger partial charge >= 0.3 is 0 Å². The average molecular weight is 509 g/mol. The number of nitrogens with zero attached hydrogens (tertiary/aromatic N) is 2. The van der Waals surface area contributed by atoms with Crippen LogP contribution in [0.3, 0.4) is 0 Å². The van der Waals surface area contributed by atoms with Crippen LogP contribution in [-0.4, -0.2) is 9.97 Å². The van der Waals surface area contributed by atoms with Gasteiger partial charge in [0.1, 0.15) is 0 Å². The fourth-order valence-corrected chi connectivity index (χ4v) is 4.34. The van der Waals surface area contributed by atoms with E-state index in [1.54, 1.807) is 12.4 Å². The number of pyridine rings is 2. The third-order valence-corrected chi connectivity index (χ3v) is 6.47. The molecule has 2 aromatic heterocycles. The molecule has 0 saturated heterocycles. The van der Waals surface area contributed by atoms with Gasteiger partial charge in [-0.1, -0.05) is 109 Å². The van der Waals surface area contributed by atoms with Crippen molar-refractivity contribution < 1.29 is 0 Å². The summed E-state index contributed by atoms with van der Waals surface area (Å²) in [5.74, 6) is 13.0. The van der Waals surface area contributed by atoms with Crippen LogP contribution in [0.4, 0.5) is 0 Å². The summed E-state index contributed by atoms with van der Waals surface area (Å²) in [5.41, 5.74) is 9.97. The lowest BCUT2D eigenvalue weighted by Crippen LogP contribution is -1.89. The number of aromatic nitrogens is 2. The molecule has 0 aliphatic rings. The van der Waals surface area contributed by atoms with Crippen LogP contribution in [0.15, 0.2) is 146 Å². The SMILES string of the molecule is C(#Cc1ccnc(-c2cc(C#Cc3ccc(-c4ccccc4)cc3)ccn2)c1)c1ccc(-c2ccccc2)cc1. The Morgan fingerprint density at radius 3 is 1.07 bits per heavy atom. The molecule has 2 heterocycles. The first-order valence-corrected chi connectivity index (χ1v) is 13.1. The van der Waals surface area contributed by atoms with Crippen molar-refractivity contribution in [2.45, 2.75) is 0 Å². The first-order valence-electron chi connectivity index (χ1n) is 13.1. The maximum absolute atomic E-state index is 4.53. The molecule has 0 fully saturated rings. The van der Waals surface area contributed by atoms with Crippen LogP contribution in [0.2, 0.25) is 0 Å². The van der Waals surface area contributed by atoms with E-state index < -0.39 is 0 Å². The van der Waals surface area contributed by atoms with Gasteiger partial charge in [0.2, 0.25) is 0 Å². The maximum atomic E-state index is 4.53. The minimum atomic E-state index is 0.766. The van der Waals surface area contributed by atoms with Crippen molar-refractivity contribution in [3.63, 3.8) is 0 Å². The Morgan fingerprint density at radius 2 is 0.675 bits per heavy atom. The lowest BCUT2D eigenvalue weighted by molar-refractivity contribution is 1.24. The van der Waals surface area contributed by atoms with E-state index in [4.69, 9.17) is 0 Å². The highest BCUT2D eigenvalue weighted by Gasteiger charge is 2.03. The third kappa shape index (κ3) is 6.05. The summed E-state index contributed by atoms with van der Waals surface area (Å²) in [5, 5.41) is 0. The molecule has 0 amide bonds. The molecule has 2 heteroatoms. The molecule has 0 unspecified atom stereocenters. The molecule has 2 nitrogen and oxygen atoms in total. The summed E-state index contributed by atoms with van der Waals surface area (Å²) < 4.78 is 0. The van der Waals surface area contributed by atoms with E-state index >= 15 is 0 Å². The van der Waals surface area contributed by atoms with Gasteiger partial charge in [0.15, 0.2) is 0 Å². The lowest BCUT2D eigenvalue weighted by atomic mass is 10.0. The van der Waals surface area contributed by atoms with Gasteiger partial charge in [-0.05, 0) is 70.8 Å². The minimum Gasteiger partial charge on any atom is -0.255 e. The van der Waals surface area contributed by atoms with Crippen LogP contribution >= 0.6 is 0 Å². The molecule has 6 aromatic rings. The number of hydrogen-bond donors (Lipinski definition) is 0. The van der Waals surface area contributed by atoms with Crippen molar-refractivity contribution in [1.82, 2.24) is 9.97 Å². The Hall–Kier alpha value is -5.70. The summed E-state index contributed by atoms with van der Waals surface area (Å²) in [6, 6.07) is 45.1. The molecule has 6 rings (SSSR count). The van der Waals surface area contributed by atoms with Crippen molar-refractivity contribution in [3.8, 4) is 57.3 Å². The fourth-order valence-electron chi connectivity index (χ4n) is 4.34. The molecule has 0 saturated carbocycles. The number of rotatable bonds is 3. The largest absolute Gasteiger partial charge is 0.255 e. The van der Waals surface area contributed by atoms with E-state index in [9.17, 15) is 0 Å². The molecule has 0 N–H and O–H groups in total. The molecule has 186 valence electrons. The molecule has 0 radical (unpaired) electrons. The highest BCUT2D eigenvalue weighted by Crippen LogP contribution is 2.21. The topological polar surface area (TPSA) is 25.8 Å². The molecule has 0 atom stereocenters. The van der Waals surface area contributed by atoms with Crippen LogP contribution in [0.5, 0.6) is 0 Å². The Kier molecular flexibility index (Phi) is 7.25. The minimum absolute atomic E-state index is 0.766. The Balaban J connectivity index is 1.17. The molecule has 0 aliphatic carbocycles. The number of hydrogen-bond acceptors (Lipinski definition) is 2. The van der Waals surface area contributed by atoms with Gasteiger partial charge in [-0.2, -0.15) is 0 Å². The molecule has 0 aliphatic heterocycles. The summed E-state index contributed by atoms with van der Waals surface area (Å²) >= 11 is 0. The summed E-state index contributed by atoms with van der Waals surface area (Å²) in [6.07, 6.45) is 3.54. The quantitative estimate of drug-likeness (QED) is 0.225. The van der Waals surface area contributed by atoms with E-state index in [-0.39, 0.29) is 0 Å². The van der Waals surface area contributed by atoms with Crippen molar-refractivity contribution in [1.29, 1.82) is 0 Å². The highest BCUT2D eigenvalue weighted by molar-refractivity contribution is 5.66. The van der Waals surface area contributed by atoms with E-state index in [0.29, 0.717) is 0 Å². The lowest BCUT2D eigenvalue weighted by Gasteiger charge is -2.02. The van der Waals surface area contributed by atoms with E-state index in [2.05, 4.69) is 106 Å². The van der Waals surface area contributed by atoms with Gasteiger partial charge in [-0.25, -0.2) is 0 Å². The standard InChI is InChI=1S/C38H24N2/c1-3-7-33(8-4-1)35-19-15-29(16-20-35)11-13-31-23-25-39-37(27-31)38-28-32(24-26-40-38)14-12-30-17-21-36(22-18-30)34-9-5-2-6-10-34/h1-10,15-28H. The third-order valence-electron chi connectivity index (χ3n) is 6.47. The van der Waals surface area contributed by atoms with Gasteiger partial charge in [0.25, 0.3) is 0 Å². The van der Waals surface area contributed by atoms with Crippen LogP contribution in [0.25, 0.3) is 33.6 Å². The van der Waals surface area contributed by atoms with Crippen LogP contribution in [-0.2, 0) is 0 Å². The molecule has 40 heavy (non-hydrogen) atoms. The van der Waals surface area contributed by atoms with E-state index in [0.717, 1.165) is 33.6 Å². The zero-order chi connectivity index (χ0) is 27.0. The summed E-state index contributed by atoms with van der Waals surface area (Å²) in [7, 11) is 0. The highest BCUT2D eigenvalue weighted by atomic mass is 14.8. The monoisotopic (exact) mass is 508 g/mol. The zero-order valence-corrected chi connectivity index (χ0v) is 21.8. The Labute approximate surface area is 235 Å². The van der Waals surface area contributed by atoms with Crippen molar-refractivity contribution >= 4 is 0 Å². The summed E-state index contributed by atoms with van der Waals surface area (Å²) in [4.78, 5) is 9.06. The van der Waals surface area contributed by atoms with Gasteiger partial charge in [0, 0.05) is 34.6 Å². The van der Waals surface area contributed by atoms with Crippen molar-refractivity contribution in [2.24, 2.45) is 0 Å². The maximum Gasteiger partial charge on any atom is 0.0898 e. The van der Waals surface area contributed by atoms with Gasteiger partial charge in [-0.15, -0.1) is 0 Å². The van der Waals surface area contributed by atoms with Gasteiger partial charge < -0.3 is 0 Å². The zero-order valence-electron chi connectivity index (χ0n) is 21.8. The van der Waals surface area contributed by atoms with Gasteiger partial charge in [-0.3, -0.25) is 9.97 Å². The summed E-state index contributed by atoms with van der Waals surface area (Å²) in [6.45, 7) is 0. The Bertz CT molecular complexity index is 1720. The first kappa shape index (κ1) is 24.6. The average Bonchev–Trinajstić information content (AvgIpc) is 3.04. The second-order valence-electron chi connectivity index (χ2n) is 9.25. The fraction of sp³-hybridized carbons (Fsp3) is 0. The predicted octanol–water partition coefficient (Wildman–Crippen LogP) is 8.28. The molecule has 4 aromatic carbocycles. The van der Waals surface area contributed by atoms with E-state index in [1.807, 2.05) is 60.7 Å². The molecule has 0 bridgehead atoms. The Morgan fingerprint density at radius 1 is 0.325 bits per heavy atom. The molecule has 0 spiro atoms. The molecular formula is C38H24N2. The predicted molar refractivity (Wildman–Crippen MR) is 163 cm³/mol. The van der Waals surface area contributed by atoms with E-state index in [1.165, 1.54) is 22.3 Å². The smallest absolute Gasteiger partial charge is 0.0898 e. The second-order valence-corrected chi connectivity index (χ2v) is 9.25. The van der Waals surface area contributed by atoms with Crippen molar-refractivity contribution in [2.75, 3.05) is 0 Å². The number of benzene rings is 4. The van der Waals surface area contributed by atoms with Crippen LogP contribution < -0.4 is 0 Å². The van der Waals surface area contributed by atoms with Crippen LogP contribution in [0.1, 0.15) is 22.3 Å². The normalized spacial score (nSPS) is 10.1. The first-order chi connectivity index (χ1) is 19.8. The molecular weight excluding hydrogens is 484 g/mol.